The molecule has 0 aromatic heterocycles. The summed E-state index contributed by atoms with van der Waals surface area (Å²) in [4.78, 5) is 27.9. The first-order chi connectivity index (χ1) is 9.25. The fourth-order valence-corrected chi connectivity index (χ4v) is 2.55. The van der Waals surface area contributed by atoms with Gasteiger partial charge in [0.05, 0.1) is 5.02 Å². The van der Waals surface area contributed by atoms with Crippen LogP contribution in [-0.2, 0) is 4.79 Å². The van der Waals surface area contributed by atoms with Gasteiger partial charge < -0.3 is 14.9 Å². The van der Waals surface area contributed by atoms with E-state index < -0.39 is 5.54 Å². The van der Waals surface area contributed by atoms with E-state index in [1.165, 1.54) is 23.1 Å². The Kier molecular flexibility index (Phi) is 3.65. The van der Waals surface area contributed by atoms with Crippen molar-refractivity contribution in [3.63, 3.8) is 0 Å². The Morgan fingerprint density at radius 3 is 2.60 bits per heavy atom. The highest BCUT2D eigenvalue weighted by Gasteiger charge is 2.43. The summed E-state index contributed by atoms with van der Waals surface area (Å²) in [7, 11) is 1.73. The van der Waals surface area contributed by atoms with E-state index in [1.807, 2.05) is 0 Å². The lowest BCUT2D eigenvalue weighted by molar-refractivity contribution is -0.144. The van der Waals surface area contributed by atoms with Gasteiger partial charge in [0.15, 0.2) is 0 Å². The molecule has 20 heavy (non-hydrogen) atoms. The zero-order valence-electron chi connectivity index (χ0n) is 11.7. The molecule has 1 saturated heterocycles. The molecule has 0 aliphatic carbocycles. The molecule has 0 bridgehead atoms. The monoisotopic (exact) mass is 296 g/mol. The van der Waals surface area contributed by atoms with Crippen LogP contribution in [0.3, 0.4) is 0 Å². The van der Waals surface area contributed by atoms with Crippen molar-refractivity contribution in [3.8, 4) is 5.75 Å². The molecule has 1 aliphatic rings. The molecule has 2 rings (SSSR count). The van der Waals surface area contributed by atoms with Gasteiger partial charge in [-0.2, -0.15) is 0 Å². The van der Waals surface area contributed by atoms with E-state index in [2.05, 4.69) is 0 Å². The van der Waals surface area contributed by atoms with Gasteiger partial charge in [-0.1, -0.05) is 11.6 Å². The molecule has 108 valence electrons. The van der Waals surface area contributed by atoms with Crippen molar-refractivity contribution < 1.29 is 14.7 Å². The molecule has 0 atom stereocenters. The highest BCUT2D eigenvalue weighted by Crippen LogP contribution is 2.27. The Morgan fingerprint density at radius 1 is 1.35 bits per heavy atom. The lowest BCUT2D eigenvalue weighted by atomic mass is 9.96. The minimum Gasteiger partial charge on any atom is -0.506 e. The Hall–Kier alpha value is -1.75. The second-order valence-corrected chi connectivity index (χ2v) is 5.82. The third kappa shape index (κ3) is 2.33. The normalized spacial score (nSPS) is 18.3. The van der Waals surface area contributed by atoms with Gasteiger partial charge in [-0.15, -0.1) is 0 Å². The van der Waals surface area contributed by atoms with Crippen molar-refractivity contribution in [2.75, 3.05) is 20.1 Å². The molecule has 2 amide bonds. The highest BCUT2D eigenvalue weighted by atomic mass is 35.5. The number of aromatic hydroxyl groups is 1. The molecule has 0 saturated carbocycles. The quantitative estimate of drug-likeness (QED) is 0.859. The minimum atomic E-state index is -0.894. The maximum absolute atomic E-state index is 12.5. The summed E-state index contributed by atoms with van der Waals surface area (Å²) in [6.07, 6.45) is 0. The van der Waals surface area contributed by atoms with Crippen LogP contribution in [0, 0.1) is 0 Å². The Morgan fingerprint density at radius 2 is 2.00 bits per heavy atom. The molecule has 0 spiro atoms. The standard InChI is InChI=1S/C14H17ClN2O3/c1-14(2)13(20)16(3)6-7-17(14)12(19)9-4-5-11(18)10(15)8-9/h4-5,8,18H,6-7H2,1-3H3. The molecule has 5 nitrogen and oxygen atoms in total. The number of hydrogen-bond donors (Lipinski definition) is 1. The number of hydrogen-bond acceptors (Lipinski definition) is 3. The first kappa shape index (κ1) is 14.7. The second-order valence-electron chi connectivity index (χ2n) is 5.41. The molecular formula is C14H17ClN2O3. The molecule has 1 aliphatic heterocycles. The number of phenols is 1. The first-order valence-electron chi connectivity index (χ1n) is 6.31. The minimum absolute atomic E-state index is 0.0723. The molecule has 1 aromatic rings. The maximum Gasteiger partial charge on any atom is 0.254 e. The lowest BCUT2D eigenvalue weighted by Crippen LogP contribution is -2.63. The van der Waals surface area contributed by atoms with Crippen LogP contribution in [0.1, 0.15) is 24.2 Å². The van der Waals surface area contributed by atoms with Gasteiger partial charge in [0, 0.05) is 25.7 Å². The third-order valence-electron chi connectivity index (χ3n) is 3.64. The van der Waals surface area contributed by atoms with Crippen LogP contribution >= 0.6 is 11.6 Å². The number of halogens is 1. The summed E-state index contributed by atoms with van der Waals surface area (Å²) in [6.45, 7) is 4.42. The fourth-order valence-electron chi connectivity index (χ4n) is 2.36. The van der Waals surface area contributed by atoms with Gasteiger partial charge >= 0.3 is 0 Å². The number of piperazine rings is 1. The molecule has 6 heteroatoms. The largest absolute Gasteiger partial charge is 0.506 e. The molecule has 1 N–H and O–H groups in total. The van der Waals surface area contributed by atoms with Gasteiger partial charge in [-0.05, 0) is 32.0 Å². The van der Waals surface area contributed by atoms with Gasteiger partial charge in [-0.25, -0.2) is 0 Å². The average molecular weight is 297 g/mol. The third-order valence-corrected chi connectivity index (χ3v) is 3.95. The van der Waals surface area contributed by atoms with E-state index in [0.717, 1.165) is 0 Å². The van der Waals surface area contributed by atoms with Crippen molar-refractivity contribution in [2.24, 2.45) is 0 Å². The van der Waals surface area contributed by atoms with Gasteiger partial charge in [0.25, 0.3) is 5.91 Å². The number of phenolic OH excluding ortho intramolecular Hbond substituents is 1. The Balaban J connectivity index is 2.33. The molecule has 1 aromatic carbocycles. The van der Waals surface area contributed by atoms with Gasteiger partial charge in [0.2, 0.25) is 5.91 Å². The van der Waals surface area contributed by atoms with E-state index in [4.69, 9.17) is 11.6 Å². The summed E-state index contributed by atoms with van der Waals surface area (Å²) < 4.78 is 0. The summed E-state index contributed by atoms with van der Waals surface area (Å²) in [5.41, 5.74) is -0.535. The maximum atomic E-state index is 12.5. The van der Waals surface area contributed by atoms with E-state index >= 15 is 0 Å². The predicted octanol–water partition coefficient (Wildman–Crippen LogP) is 1.74. The van der Waals surface area contributed by atoms with Crippen LogP contribution in [0.2, 0.25) is 5.02 Å². The van der Waals surface area contributed by atoms with Crippen molar-refractivity contribution in [1.82, 2.24) is 9.80 Å². The van der Waals surface area contributed by atoms with Crippen LogP contribution in [0.15, 0.2) is 18.2 Å². The lowest BCUT2D eigenvalue weighted by Gasteiger charge is -2.44. The number of rotatable bonds is 1. The van der Waals surface area contributed by atoms with E-state index in [-0.39, 0.29) is 22.6 Å². The van der Waals surface area contributed by atoms with Crippen LogP contribution in [-0.4, -0.2) is 52.4 Å². The first-order valence-corrected chi connectivity index (χ1v) is 6.69. The number of amides is 2. The summed E-state index contributed by atoms with van der Waals surface area (Å²) >= 11 is 5.82. The zero-order valence-corrected chi connectivity index (χ0v) is 12.4. The summed E-state index contributed by atoms with van der Waals surface area (Å²) in [6, 6.07) is 4.29. The number of benzene rings is 1. The van der Waals surface area contributed by atoms with E-state index in [0.29, 0.717) is 18.7 Å². The number of nitrogens with zero attached hydrogens (tertiary/aromatic N) is 2. The van der Waals surface area contributed by atoms with Crippen molar-refractivity contribution in [2.45, 2.75) is 19.4 Å². The van der Waals surface area contributed by atoms with Crippen molar-refractivity contribution in [1.29, 1.82) is 0 Å². The Bertz CT molecular complexity index is 572. The number of carbonyl (C=O) groups excluding carboxylic acids is 2. The number of likely N-dealkylation sites (N-methyl/N-ethyl adjacent to an activating group) is 1. The van der Waals surface area contributed by atoms with E-state index in [9.17, 15) is 14.7 Å². The molecule has 1 heterocycles. The summed E-state index contributed by atoms with van der Waals surface area (Å²) in [5.74, 6) is -0.433. The Labute approximate surface area is 122 Å². The topological polar surface area (TPSA) is 60.9 Å². The van der Waals surface area contributed by atoms with Crippen molar-refractivity contribution in [3.05, 3.63) is 28.8 Å². The van der Waals surface area contributed by atoms with Crippen LogP contribution in [0.4, 0.5) is 0 Å². The SMILES string of the molecule is CN1CCN(C(=O)c2ccc(O)c(Cl)c2)C(C)(C)C1=O. The molecular weight excluding hydrogens is 280 g/mol. The predicted molar refractivity (Wildman–Crippen MR) is 75.9 cm³/mol. The molecule has 0 unspecified atom stereocenters. The van der Waals surface area contributed by atoms with Gasteiger partial charge in [0.1, 0.15) is 11.3 Å². The van der Waals surface area contributed by atoms with Gasteiger partial charge in [-0.3, -0.25) is 9.59 Å². The average Bonchev–Trinajstić information content (AvgIpc) is 2.39. The second kappa shape index (κ2) is 4.98. The van der Waals surface area contributed by atoms with Crippen LogP contribution in [0.25, 0.3) is 0 Å². The van der Waals surface area contributed by atoms with Crippen LogP contribution in [0.5, 0.6) is 5.75 Å². The fraction of sp³-hybridized carbons (Fsp3) is 0.429. The number of carbonyl (C=O) groups is 2. The van der Waals surface area contributed by atoms with E-state index in [1.54, 1.807) is 25.8 Å². The smallest absolute Gasteiger partial charge is 0.254 e. The van der Waals surface area contributed by atoms with Crippen LogP contribution < -0.4 is 0 Å². The van der Waals surface area contributed by atoms with Crippen molar-refractivity contribution >= 4 is 23.4 Å². The zero-order chi connectivity index (χ0) is 15.1. The molecule has 1 fully saturated rings. The summed E-state index contributed by atoms with van der Waals surface area (Å²) in [5, 5.41) is 9.52. The molecule has 0 radical (unpaired) electrons. The highest BCUT2D eigenvalue weighted by molar-refractivity contribution is 6.32.